The molecule has 28 heavy (non-hydrogen) atoms. The number of amides is 2. The van der Waals surface area contributed by atoms with Crippen LogP contribution in [0.15, 0.2) is 42.7 Å². The van der Waals surface area contributed by atoms with Gasteiger partial charge in [0.25, 0.3) is 0 Å². The van der Waals surface area contributed by atoms with Crippen LogP contribution in [0.1, 0.15) is 18.5 Å². The molecule has 3 rings (SSSR count). The van der Waals surface area contributed by atoms with Gasteiger partial charge in [0.1, 0.15) is 0 Å². The van der Waals surface area contributed by atoms with Crippen LogP contribution < -0.4 is 5.32 Å². The van der Waals surface area contributed by atoms with Gasteiger partial charge in [0, 0.05) is 25.5 Å². The first-order valence-electron chi connectivity index (χ1n) is 8.61. The smallest absolute Gasteiger partial charge is 0.394 e. The van der Waals surface area contributed by atoms with Crippen LogP contribution in [0.5, 0.6) is 0 Å². The van der Waals surface area contributed by atoms with Crippen LogP contribution in [0.25, 0.3) is 5.69 Å². The Balaban J connectivity index is 1.65. The number of hydrogen-bond acceptors (Lipinski definition) is 3. The highest BCUT2D eigenvalue weighted by atomic mass is 19.4. The first-order chi connectivity index (χ1) is 13.2. The van der Waals surface area contributed by atoms with E-state index in [0.717, 1.165) is 16.2 Å². The van der Waals surface area contributed by atoms with Gasteiger partial charge >= 0.3 is 18.2 Å². The number of urea groups is 1. The number of carbonyl (C=O) groups is 2. The highest BCUT2D eigenvalue weighted by Gasteiger charge is 2.53. The Hall–Kier alpha value is -3.04. The summed E-state index contributed by atoms with van der Waals surface area (Å²) in [6.45, 7) is 0.556. The number of hydrogen-bond donors (Lipinski definition) is 2. The van der Waals surface area contributed by atoms with Crippen molar-refractivity contribution in [3.05, 3.63) is 48.3 Å². The third-order valence-corrected chi connectivity index (χ3v) is 4.85. The van der Waals surface area contributed by atoms with Crippen LogP contribution in [0.3, 0.4) is 0 Å². The zero-order valence-electron chi connectivity index (χ0n) is 14.9. The Morgan fingerprint density at radius 1 is 1.25 bits per heavy atom. The maximum Gasteiger partial charge on any atom is 0.394 e. The van der Waals surface area contributed by atoms with Crippen LogP contribution in [0.2, 0.25) is 0 Å². The van der Waals surface area contributed by atoms with Crippen molar-refractivity contribution in [2.24, 2.45) is 11.8 Å². The van der Waals surface area contributed by atoms with E-state index in [0.29, 0.717) is 0 Å². The normalized spacial score (nSPS) is 20.8. The molecule has 150 valence electrons. The summed E-state index contributed by atoms with van der Waals surface area (Å²) in [5.41, 5.74) is 1.58. The molecule has 2 aromatic rings. The van der Waals surface area contributed by atoms with Crippen LogP contribution in [0, 0.1) is 11.8 Å². The molecular formula is C18H19F3N4O3. The van der Waals surface area contributed by atoms with Gasteiger partial charge in [-0.05, 0) is 30.7 Å². The van der Waals surface area contributed by atoms with Gasteiger partial charge in [0.15, 0.2) is 0 Å². The molecule has 1 aromatic heterocycles. The summed E-state index contributed by atoms with van der Waals surface area (Å²) in [4.78, 5) is 24.4. The summed E-state index contributed by atoms with van der Waals surface area (Å²) < 4.78 is 40.9. The molecule has 0 aliphatic carbocycles. The Kier molecular flexibility index (Phi) is 5.30. The average Bonchev–Trinajstić information content (AvgIpc) is 3.31. The molecule has 1 unspecified atom stereocenters. The second-order valence-corrected chi connectivity index (χ2v) is 6.71. The molecule has 2 amide bonds. The van der Waals surface area contributed by atoms with Crippen molar-refractivity contribution in [2.75, 3.05) is 13.1 Å². The van der Waals surface area contributed by atoms with E-state index >= 15 is 0 Å². The number of carboxylic acid groups (broad SMARTS) is 1. The summed E-state index contributed by atoms with van der Waals surface area (Å²) in [7, 11) is 0. The number of nitrogens with zero attached hydrogens (tertiary/aromatic N) is 3. The number of likely N-dealkylation sites (tertiary alicyclic amines) is 1. The number of aliphatic carboxylic acids is 1. The first kappa shape index (κ1) is 19.7. The van der Waals surface area contributed by atoms with E-state index < -0.39 is 49.1 Å². The van der Waals surface area contributed by atoms with Gasteiger partial charge in [0.2, 0.25) is 0 Å². The van der Waals surface area contributed by atoms with Crippen LogP contribution in [-0.2, 0) is 4.79 Å². The molecule has 1 aromatic carbocycles. The Labute approximate surface area is 158 Å². The quantitative estimate of drug-likeness (QED) is 0.832. The van der Waals surface area contributed by atoms with Crippen LogP contribution >= 0.6 is 0 Å². The molecule has 1 aliphatic heterocycles. The monoisotopic (exact) mass is 396 g/mol. The topological polar surface area (TPSA) is 87.5 Å². The van der Waals surface area contributed by atoms with Gasteiger partial charge in [-0.15, -0.1) is 0 Å². The van der Waals surface area contributed by atoms with E-state index in [1.165, 1.54) is 0 Å². The lowest BCUT2D eigenvalue weighted by Crippen LogP contribution is -2.40. The van der Waals surface area contributed by atoms with Crippen molar-refractivity contribution in [1.29, 1.82) is 0 Å². The minimum Gasteiger partial charge on any atom is -0.481 e. The van der Waals surface area contributed by atoms with Crippen molar-refractivity contribution in [2.45, 2.75) is 19.1 Å². The van der Waals surface area contributed by atoms with E-state index in [1.807, 2.05) is 0 Å². The van der Waals surface area contributed by atoms with E-state index in [9.17, 15) is 22.8 Å². The minimum absolute atomic E-state index is 0.465. The number of benzene rings is 1. The highest BCUT2D eigenvalue weighted by Crippen LogP contribution is 2.37. The lowest BCUT2D eigenvalue weighted by molar-refractivity contribution is -0.187. The molecule has 1 aliphatic rings. The SMILES string of the molecule is CC(NC(=O)N1C[C@@H](C(F)(F)F)[C@H](C(=O)O)C1)c1ccc(-n2cccn2)cc1. The van der Waals surface area contributed by atoms with Gasteiger partial charge in [-0.25, -0.2) is 9.48 Å². The predicted octanol–water partition coefficient (Wildman–Crippen LogP) is 2.84. The molecular weight excluding hydrogens is 377 g/mol. The van der Waals surface area contributed by atoms with E-state index in [2.05, 4.69) is 10.4 Å². The van der Waals surface area contributed by atoms with Gasteiger partial charge in [0.05, 0.1) is 23.6 Å². The number of carbonyl (C=O) groups excluding carboxylic acids is 1. The summed E-state index contributed by atoms with van der Waals surface area (Å²) in [6.07, 6.45) is -1.25. The fraction of sp³-hybridized carbons (Fsp3) is 0.389. The molecule has 1 saturated heterocycles. The second-order valence-electron chi connectivity index (χ2n) is 6.71. The van der Waals surface area contributed by atoms with Crippen molar-refractivity contribution in [1.82, 2.24) is 20.0 Å². The zero-order valence-corrected chi connectivity index (χ0v) is 14.9. The number of nitrogens with one attached hydrogen (secondary N) is 1. The van der Waals surface area contributed by atoms with Crippen molar-refractivity contribution in [3.63, 3.8) is 0 Å². The third-order valence-electron chi connectivity index (χ3n) is 4.85. The molecule has 7 nitrogen and oxygen atoms in total. The molecule has 0 saturated carbocycles. The summed E-state index contributed by atoms with van der Waals surface area (Å²) in [6, 6.07) is 7.77. The largest absolute Gasteiger partial charge is 0.481 e. The molecule has 2 N–H and O–H groups in total. The predicted molar refractivity (Wildman–Crippen MR) is 92.8 cm³/mol. The lowest BCUT2D eigenvalue weighted by atomic mass is 9.96. The Morgan fingerprint density at radius 3 is 2.43 bits per heavy atom. The molecule has 10 heteroatoms. The highest BCUT2D eigenvalue weighted by molar-refractivity contribution is 5.78. The summed E-state index contributed by atoms with van der Waals surface area (Å²) in [5, 5.41) is 15.8. The summed E-state index contributed by atoms with van der Waals surface area (Å²) >= 11 is 0. The van der Waals surface area contributed by atoms with Gasteiger partial charge in [-0.2, -0.15) is 18.3 Å². The van der Waals surface area contributed by atoms with E-state index in [1.54, 1.807) is 54.3 Å². The fourth-order valence-corrected chi connectivity index (χ4v) is 3.25. The van der Waals surface area contributed by atoms with E-state index in [-0.39, 0.29) is 0 Å². The number of alkyl halides is 3. The van der Waals surface area contributed by atoms with Crippen LogP contribution in [0.4, 0.5) is 18.0 Å². The maximum atomic E-state index is 13.1. The average molecular weight is 396 g/mol. The fourth-order valence-electron chi connectivity index (χ4n) is 3.25. The minimum atomic E-state index is -4.67. The van der Waals surface area contributed by atoms with Gasteiger partial charge < -0.3 is 15.3 Å². The second kappa shape index (κ2) is 7.53. The molecule has 3 atom stereocenters. The number of aromatic nitrogens is 2. The zero-order chi connectivity index (χ0) is 20.5. The number of rotatable bonds is 4. The standard InChI is InChI=1S/C18H19F3N4O3/c1-11(12-3-5-13(6-4-12)25-8-2-7-22-25)23-17(28)24-9-14(16(26)27)15(10-24)18(19,20)21/h2-8,11,14-15H,9-10H2,1H3,(H,23,28)(H,26,27)/t11?,14-,15-/m1/s1. The Morgan fingerprint density at radius 2 is 1.93 bits per heavy atom. The number of carboxylic acids is 1. The summed E-state index contributed by atoms with van der Waals surface area (Å²) in [5.74, 6) is -5.28. The van der Waals surface area contributed by atoms with Gasteiger partial charge in [-0.1, -0.05) is 12.1 Å². The maximum absolute atomic E-state index is 13.1. The van der Waals surface area contributed by atoms with Crippen molar-refractivity contribution < 1.29 is 27.9 Å². The Bertz CT molecular complexity index is 837. The molecule has 0 radical (unpaired) electrons. The van der Waals surface area contributed by atoms with Crippen molar-refractivity contribution in [3.8, 4) is 5.69 Å². The molecule has 1 fully saturated rings. The number of halogens is 3. The lowest BCUT2D eigenvalue weighted by Gasteiger charge is -2.22. The van der Waals surface area contributed by atoms with Crippen molar-refractivity contribution >= 4 is 12.0 Å². The molecule has 0 bridgehead atoms. The molecule has 0 spiro atoms. The van der Waals surface area contributed by atoms with E-state index in [4.69, 9.17) is 5.11 Å². The third kappa shape index (κ3) is 4.10. The molecule has 2 heterocycles. The van der Waals surface area contributed by atoms with Gasteiger partial charge in [-0.3, -0.25) is 4.79 Å². The van der Waals surface area contributed by atoms with Crippen LogP contribution in [-0.4, -0.2) is 51.1 Å². The first-order valence-corrected chi connectivity index (χ1v) is 8.61.